The normalized spacial score (nSPS) is 12.1. The lowest BCUT2D eigenvalue weighted by Crippen LogP contribution is -2.14. The van der Waals surface area contributed by atoms with E-state index in [1.165, 1.54) is 5.87 Å². The van der Waals surface area contributed by atoms with Crippen molar-refractivity contribution in [3.8, 4) is 0 Å². The van der Waals surface area contributed by atoms with E-state index in [9.17, 15) is 10.1 Å². The lowest BCUT2D eigenvalue weighted by molar-refractivity contribution is -0.484. The van der Waals surface area contributed by atoms with E-state index < -0.39 is 11.4 Å². The Balaban J connectivity index is 4.82. The van der Waals surface area contributed by atoms with Gasteiger partial charge in [0.25, 0.3) is 0 Å². The van der Waals surface area contributed by atoms with Crippen molar-refractivity contribution < 1.29 is 4.86 Å². The molecule has 0 radical (unpaired) electrons. The second-order valence-electron chi connectivity index (χ2n) is 3.07. The van der Waals surface area contributed by atoms with E-state index in [1.807, 2.05) is 0 Å². The number of hydroxylamine groups is 1. The Hall–Kier alpha value is -1.55. The summed E-state index contributed by atoms with van der Waals surface area (Å²) in [6.07, 6.45) is 0. The first-order valence-corrected chi connectivity index (χ1v) is 3.21. The molecule has 0 aromatic carbocycles. The molecule has 0 atom stereocenters. The molecule has 0 aromatic heterocycles. The molecule has 6 nitrogen and oxygen atoms in total. The molecule has 0 rings (SSSR count). The van der Waals surface area contributed by atoms with Gasteiger partial charge in [0.05, 0.1) is 5.54 Å². The van der Waals surface area contributed by atoms with Crippen molar-refractivity contribution in [2.75, 3.05) is 0 Å². The van der Waals surface area contributed by atoms with Gasteiger partial charge in [0, 0.05) is 0 Å². The predicted molar refractivity (Wildman–Crippen MR) is 43.5 cm³/mol. The van der Waals surface area contributed by atoms with Crippen molar-refractivity contribution in [3.05, 3.63) is 21.3 Å². The van der Waals surface area contributed by atoms with E-state index in [0.29, 0.717) is 0 Å². The van der Waals surface area contributed by atoms with Gasteiger partial charge in [-0.05, 0) is 25.7 Å². The largest absolute Gasteiger partial charge is 0.756 e. The molecule has 0 saturated carbocycles. The second-order valence-corrected chi connectivity index (χ2v) is 3.07. The van der Waals surface area contributed by atoms with E-state index in [4.69, 9.17) is 5.41 Å². The Labute approximate surface area is 69.7 Å². The Kier molecular flexibility index (Phi) is 3.25. The topological polar surface area (TPSA) is 90.2 Å². The Morgan fingerprint density at radius 1 is 1.58 bits per heavy atom. The highest BCUT2D eigenvalue weighted by Crippen LogP contribution is 2.08. The van der Waals surface area contributed by atoms with Crippen molar-refractivity contribution in [2.45, 2.75) is 26.3 Å². The molecule has 0 amide bonds. The molecule has 0 aliphatic carbocycles. The number of hydrogen-bond donors (Lipinski definition) is 0. The highest BCUT2D eigenvalue weighted by molar-refractivity contribution is 5.57. The Morgan fingerprint density at radius 3 is 2.33 bits per heavy atom. The minimum absolute atomic E-state index is 0.0625. The molecule has 66 valence electrons. The van der Waals surface area contributed by atoms with Gasteiger partial charge in [0.15, 0.2) is 0 Å². The number of nitroso groups, excluding NO2 is 1. The number of nitrogens with zero attached hydrogens (tertiary/aromatic N) is 4. The third kappa shape index (κ3) is 3.58. The van der Waals surface area contributed by atoms with E-state index in [1.54, 1.807) is 20.8 Å². The molecule has 0 N–H and O–H groups in total. The second kappa shape index (κ2) is 3.73. The zero-order valence-electron chi connectivity index (χ0n) is 7.11. The number of rotatable bonds is 2. The summed E-state index contributed by atoms with van der Waals surface area (Å²) >= 11 is 0. The van der Waals surface area contributed by atoms with Crippen LogP contribution in [0.3, 0.4) is 0 Å². The SMILES string of the molecule is CC(C)(C)N=[N+]([O-])C(=C=[N-])N=O. The predicted octanol–water partition coefficient (Wildman–Crippen LogP) is 1.59. The van der Waals surface area contributed by atoms with Gasteiger partial charge in [-0.25, -0.2) is 0 Å². The maximum Gasteiger partial charge on any atom is 0.419 e. The van der Waals surface area contributed by atoms with Crippen LogP contribution in [0.25, 0.3) is 5.41 Å². The molecule has 0 bridgehead atoms. The molecule has 0 unspecified atom stereocenters. The van der Waals surface area contributed by atoms with Crippen LogP contribution in [-0.2, 0) is 0 Å². The summed E-state index contributed by atoms with van der Waals surface area (Å²) in [7, 11) is 0. The van der Waals surface area contributed by atoms with Crippen LogP contribution < -0.4 is 0 Å². The molecule has 0 aliphatic rings. The third-order valence-electron chi connectivity index (χ3n) is 0.758. The molecule has 0 saturated heterocycles. The molecule has 0 aliphatic heterocycles. The van der Waals surface area contributed by atoms with Crippen molar-refractivity contribution >= 4 is 5.87 Å². The first-order chi connectivity index (χ1) is 5.40. The van der Waals surface area contributed by atoms with E-state index in [2.05, 4.69) is 10.3 Å². The van der Waals surface area contributed by atoms with Gasteiger partial charge < -0.3 is 10.6 Å². The summed E-state index contributed by atoms with van der Waals surface area (Å²) in [5.74, 6) is 0.544. The van der Waals surface area contributed by atoms with Crippen LogP contribution in [0.15, 0.2) is 16.1 Å². The monoisotopic (exact) mass is 169 g/mol. The van der Waals surface area contributed by atoms with E-state index in [0.717, 1.165) is 0 Å². The lowest BCUT2D eigenvalue weighted by Gasteiger charge is -2.11. The van der Waals surface area contributed by atoms with Gasteiger partial charge in [-0.1, -0.05) is 0 Å². The zero-order chi connectivity index (χ0) is 9.78. The summed E-state index contributed by atoms with van der Waals surface area (Å²) in [6.45, 7) is 4.99. The van der Waals surface area contributed by atoms with Crippen LogP contribution in [0.1, 0.15) is 20.8 Å². The van der Waals surface area contributed by atoms with Gasteiger partial charge in [-0.15, -0.1) is 9.97 Å². The van der Waals surface area contributed by atoms with Crippen LogP contribution in [-0.4, -0.2) is 16.3 Å². The molecular formula is C6H9N4O2-. The van der Waals surface area contributed by atoms with E-state index >= 15 is 0 Å². The minimum Gasteiger partial charge on any atom is -0.756 e. The quantitative estimate of drug-likeness (QED) is 0.206. The van der Waals surface area contributed by atoms with Gasteiger partial charge in [-0.2, -0.15) is 5.87 Å². The fourth-order valence-electron chi connectivity index (χ4n) is 0.418. The Bertz CT molecular complexity index is 257. The van der Waals surface area contributed by atoms with Crippen molar-refractivity contribution in [3.63, 3.8) is 0 Å². The summed E-state index contributed by atoms with van der Waals surface area (Å²) in [6, 6.07) is 0. The van der Waals surface area contributed by atoms with Crippen LogP contribution >= 0.6 is 0 Å². The van der Waals surface area contributed by atoms with Crippen molar-refractivity contribution in [1.82, 2.24) is 0 Å². The highest BCUT2D eigenvalue weighted by atomic mass is 16.5. The summed E-state index contributed by atoms with van der Waals surface area (Å²) in [5, 5.41) is 24.7. The molecule has 0 aromatic rings. The highest BCUT2D eigenvalue weighted by Gasteiger charge is 2.13. The maximum atomic E-state index is 10.8. The lowest BCUT2D eigenvalue weighted by atomic mass is 10.1. The average Bonchev–Trinajstić information content (AvgIpc) is 1.85. The van der Waals surface area contributed by atoms with Crippen LogP contribution in [0.4, 0.5) is 0 Å². The van der Waals surface area contributed by atoms with Crippen LogP contribution in [0, 0.1) is 10.1 Å². The average molecular weight is 169 g/mol. The summed E-state index contributed by atoms with van der Waals surface area (Å²) in [4.78, 5) is 9.79. The fraction of sp³-hybridized carbons (Fsp3) is 0.667. The maximum absolute atomic E-state index is 10.8. The minimum atomic E-state index is -0.787. The first kappa shape index (κ1) is 10.4. The summed E-state index contributed by atoms with van der Waals surface area (Å²) in [5.41, 5.74) is -0.630. The molecule has 6 heteroatoms. The van der Waals surface area contributed by atoms with Gasteiger partial charge >= 0.3 is 5.82 Å². The summed E-state index contributed by atoms with van der Waals surface area (Å²) < 4.78 is 0. The first-order valence-electron chi connectivity index (χ1n) is 3.21. The smallest absolute Gasteiger partial charge is 0.419 e. The van der Waals surface area contributed by atoms with E-state index in [-0.39, 0.29) is 4.86 Å². The van der Waals surface area contributed by atoms with Crippen LogP contribution in [0.2, 0.25) is 0 Å². The van der Waals surface area contributed by atoms with Crippen molar-refractivity contribution in [1.29, 1.82) is 0 Å². The third-order valence-corrected chi connectivity index (χ3v) is 0.758. The zero-order valence-corrected chi connectivity index (χ0v) is 7.11. The van der Waals surface area contributed by atoms with Crippen molar-refractivity contribution in [2.24, 2.45) is 10.3 Å². The standard InChI is InChI=1S/C6H9N4O2/c1-6(2,3)9-10(12)5(4-7)8-11/h1-3H3/q-1. The van der Waals surface area contributed by atoms with Crippen LogP contribution in [0.5, 0.6) is 0 Å². The number of azo groups is 1. The van der Waals surface area contributed by atoms with Gasteiger partial charge in [0.1, 0.15) is 0 Å². The van der Waals surface area contributed by atoms with Gasteiger partial charge in [-0.3, -0.25) is 0 Å². The molecule has 12 heavy (non-hydrogen) atoms. The fourth-order valence-corrected chi connectivity index (χ4v) is 0.418. The molecular weight excluding hydrogens is 160 g/mol. The molecule has 0 spiro atoms. The molecule has 0 fully saturated rings. The Morgan fingerprint density at radius 2 is 2.08 bits per heavy atom. The molecule has 0 heterocycles. The van der Waals surface area contributed by atoms with Gasteiger partial charge in [0.2, 0.25) is 5.18 Å². The number of hydrogen-bond acceptors (Lipinski definition) is 4.